The Balaban J connectivity index is 2.17. The van der Waals surface area contributed by atoms with Gasteiger partial charge in [0.2, 0.25) is 11.8 Å². The van der Waals surface area contributed by atoms with Crippen molar-refractivity contribution in [2.24, 2.45) is 0 Å². The predicted molar refractivity (Wildman–Crippen MR) is 95.8 cm³/mol. The quantitative estimate of drug-likeness (QED) is 0.597. The first kappa shape index (κ1) is 20.9. The number of nitrogens with one attached hydrogen (secondary N) is 2. The average Bonchev–Trinajstić information content (AvgIpc) is 2.65. The largest absolute Gasteiger partial charge is 0.481 e. The number of carbonyl (C=O) groups excluding carboxylic acids is 1. The van der Waals surface area contributed by atoms with Crippen molar-refractivity contribution < 1.29 is 32.6 Å². The molecule has 150 valence electrons. The molecule has 12 heteroatoms. The molecule has 0 bridgehead atoms. The normalized spacial score (nSPS) is 10.8. The number of methoxy groups -OCH3 is 2. The molecule has 28 heavy (non-hydrogen) atoms. The van der Waals surface area contributed by atoms with Crippen LogP contribution in [-0.2, 0) is 16.6 Å². The van der Waals surface area contributed by atoms with Gasteiger partial charge in [0.05, 0.1) is 32.4 Å². The van der Waals surface area contributed by atoms with Crippen LogP contribution in [0.4, 0.5) is 4.79 Å². The highest BCUT2D eigenvalue weighted by Gasteiger charge is 2.26. The fraction of sp³-hybridized carbons (Fsp3) is 0.250. The zero-order chi connectivity index (χ0) is 20.9. The number of ether oxygens (including phenoxy) is 2. The summed E-state index contributed by atoms with van der Waals surface area (Å²) in [4.78, 5) is 30.8. The lowest BCUT2D eigenvalue weighted by molar-refractivity contribution is 0.0692. The summed E-state index contributed by atoms with van der Waals surface area (Å²) < 4.78 is 36.7. The zero-order valence-electron chi connectivity index (χ0n) is 15.2. The lowest BCUT2D eigenvalue weighted by atomic mass is 10.1. The van der Waals surface area contributed by atoms with E-state index in [1.165, 1.54) is 39.3 Å². The van der Waals surface area contributed by atoms with Gasteiger partial charge in [-0.15, -0.1) is 0 Å². The van der Waals surface area contributed by atoms with Gasteiger partial charge in [0.1, 0.15) is 4.90 Å². The molecule has 11 nitrogen and oxygen atoms in total. The first-order valence-corrected chi connectivity index (χ1v) is 9.25. The van der Waals surface area contributed by atoms with Crippen LogP contribution in [0.15, 0.2) is 29.2 Å². The molecular formula is C16H18N4O7S. The predicted octanol–water partition coefficient (Wildman–Crippen LogP) is 0.689. The molecule has 0 saturated heterocycles. The number of benzene rings is 1. The first-order valence-electron chi connectivity index (χ1n) is 7.77. The van der Waals surface area contributed by atoms with Crippen LogP contribution in [-0.4, -0.2) is 49.7 Å². The monoisotopic (exact) mass is 410 g/mol. The van der Waals surface area contributed by atoms with Gasteiger partial charge in [-0.1, -0.05) is 12.1 Å². The molecule has 0 atom stereocenters. The summed E-state index contributed by atoms with van der Waals surface area (Å²) in [6.45, 7) is 1.20. The van der Waals surface area contributed by atoms with E-state index in [4.69, 9.17) is 9.47 Å². The first-order chi connectivity index (χ1) is 13.2. The van der Waals surface area contributed by atoms with E-state index in [-0.39, 0.29) is 29.7 Å². The molecule has 1 aromatic heterocycles. The summed E-state index contributed by atoms with van der Waals surface area (Å²) in [6.07, 6.45) is 0. The van der Waals surface area contributed by atoms with Crippen LogP contribution in [0.5, 0.6) is 11.8 Å². The van der Waals surface area contributed by atoms with Crippen LogP contribution in [0.1, 0.15) is 21.7 Å². The minimum atomic E-state index is -4.43. The van der Waals surface area contributed by atoms with Crippen molar-refractivity contribution in [2.75, 3.05) is 14.2 Å². The van der Waals surface area contributed by atoms with E-state index < -0.39 is 32.5 Å². The molecule has 0 spiro atoms. The van der Waals surface area contributed by atoms with E-state index in [1.807, 2.05) is 0 Å². The summed E-state index contributed by atoms with van der Waals surface area (Å²) >= 11 is 0. The molecule has 0 radical (unpaired) electrons. The number of carboxylic acids is 1. The van der Waals surface area contributed by atoms with E-state index in [2.05, 4.69) is 15.3 Å². The molecule has 0 aliphatic heterocycles. The van der Waals surface area contributed by atoms with Crippen molar-refractivity contribution in [3.63, 3.8) is 0 Å². The van der Waals surface area contributed by atoms with E-state index >= 15 is 0 Å². The Morgan fingerprint density at radius 1 is 1.14 bits per heavy atom. The Morgan fingerprint density at radius 2 is 1.75 bits per heavy atom. The smallest absolute Gasteiger partial charge is 0.337 e. The van der Waals surface area contributed by atoms with Gasteiger partial charge in [-0.3, -0.25) is 0 Å². The Labute approximate surface area is 160 Å². The van der Waals surface area contributed by atoms with Crippen molar-refractivity contribution >= 4 is 22.0 Å². The lowest BCUT2D eigenvalue weighted by Gasteiger charge is -2.12. The summed E-state index contributed by atoms with van der Waals surface area (Å²) in [5.41, 5.74) is -0.262. The highest BCUT2D eigenvalue weighted by Crippen LogP contribution is 2.20. The number of hydrogen-bond acceptors (Lipinski definition) is 8. The van der Waals surface area contributed by atoms with Gasteiger partial charge >= 0.3 is 12.0 Å². The SMILES string of the molecule is COc1cc(OC)nc(CNC(=O)NS(=O)(=O)c2c(C)cccc2C(=O)O)n1. The maximum absolute atomic E-state index is 12.5. The second-order valence-electron chi connectivity index (χ2n) is 5.41. The highest BCUT2D eigenvalue weighted by atomic mass is 32.2. The summed E-state index contributed by atoms with van der Waals surface area (Å²) in [7, 11) is -1.65. The number of nitrogens with zero attached hydrogens (tertiary/aromatic N) is 2. The molecule has 2 aromatic rings. The van der Waals surface area contributed by atoms with Crippen molar-refractivity contribution in [1.29, 1.82) is 0 Å². The minimum absolute atomic E-state index is 0.117. The van der Waals surface area contributed by atoms with Crippen LogP contribution >= 0.6 is 0 Å². The van der Waals surface area contributed by atoms with E-state index in [9.17, 15) is 23.1 Å². The van der Waals surface area contributed by atoms with Gasteiger partial charge in [0, 0.05) is 0 Å². The molecule has 0 aliphatic rings. The van der Waals surface area contributed by atoms with Gasteiger partial charge in [-0.2, -0.15) is 9.97 Å². The van der Waals surface area contributed by atoms with Gasteiger partial charge < -0.3 is 19.9 Å². The van der Waals surface area contributed by atoms with E-state index in [0.717, 1.165) is 6.07 Å². The van der Waals surface area contributed by atoms with Gasteiger partial charge in [0.15, 0.2) is 5.82 Å². The Bertz CT molecular complexity index is 986. The maximum atomic E-state index is 12.5. The minimum Gasteiger partial charge on any atom is -0.481 e. The topological polar surface area (TPSA) is 157 Å². The van der Waals surface area contributed by atoms with Gasteiger partial charge in [0.25, 0.3) is 10.0 Å². The molecule has 1 heterocycles. The van der Waals surface area contributed by atoms with Gasteiger partial charge in [-0.25, -0.2) is 22.7 Å². The number of sulfonamides is 1. The Hall–Kier alpha value is -3.41. The fourth-order valence-corrected chi connectivity index (χ4v) is 3.64. The molecule has 2 rings (SSSR count). The lowest BCUT2D eigenvalue weighted by Crippen LogP contribution is -2.40. The molecule has 1 aromatic carbocycles. The van der Waals surface area contributed by atoms with Crippen LogP contribution in [0.3, 0.4) is 0 Å². The number of aromatic carboxylic acids is 1. The molecule has 0 fully saturated rings. The number of carbonyl (C=O) groups is 2. The molecule has 0 unspecified atom stereocenters. The standard InChI is InChI=1S/C16H18N4O7S/c1-9-5-4-6-10(15(21)22)14(9)28(24,25)20-16(23)17-8-11-18-12(26-2)7-13(19-11)27-3/h4-7H,8H2,1-3H3,(H,21,22)(H2,17,20,23). The Kier molecular flexibility index (Phi) is 6.36. The summed E-state index contributed by atoms with van der Waals surface area (Å²) in [6, 6.07) is 4.32. The number of amides is 2. The van der Waals surface area contributed by atoms with Gasteiger partial charge in [-0.05, 0) is 18.6 Å². The third-order valence-electron chi connectivity index (χ3n) is 3.49. The summed E-state index contributed by atoms with van der Waals surface area (Å²) in [5.74, 6) is -0.919. The van der Waals surface area contributed by atoms with Crippen molar-refractivity contribution in [3.8, 4) is 11.8 Å². The number of urea groups is 1. The molecule has 0 aliphatic carbocycles. The van der Waals surface area contributed by atoms with Crippen LogP contribution < -0.4 is 19.5 Å². The van der Waals surface area contributed by atoms with E-state index in [1.54, 1.807) is 4.72 Å². The molecule has 0 saturated carbocycles. The third-order valence-corrected chi connectivity index (χ3v) is 5.02. The second kappa shape index (κ2) is 8.52. The number of rotatable bonds is 7. The molecule has 3 N–H and O–H groups in total. The van der Waals surface area contributed by atoms with E-state index in [0.29, 0.717) is 0 Å². The number of aromatic nitrogens is 2. The number of hydrogen-bond donors (Lipinski definition) is 3. The molecule has 2 amide bonds. The fourth-order valence-electron chi connectivity index (χ4n) is 2.28. The van der Waals surface area contributed by atoms with Crippen molar-refractivity contribution in [2.45, 2.75) is 18.4 Å². The molecular weight excluding hydrogens is 392 g/mol. The van der Waals surface area contributed by atoms with Crippen LogP contribution in [0.2, 0.25) is 0 Å². The summed E-state index contributed by atoms with van der Waals surface area (Å²) in [5, 5.41) is 11.5. The Morgan fingerprint density at radius 3 is 2.29 bits per heavy atom. The highest BCUT2D eigenvalue weighted by molar-refractivity contribution is 7.90. The number of aryl methyl sites for hydroxylation is 1. The average molecular weight is 410 g/mol. The zero-order valence-corrected chi connectivity index (χ0v) is 16.0. The third kappa shape index (κ3) is 4.85. The van der Waals surface area contributed by atoms with Crippen molar-refractivity contribution in [3.05, 3.63) is 41.2 Å². The maximum Gasteiger partial charge on any atom is 0.337 e. The number of carboxylic acid groups (broad SMARTS) is 1. The second-order valence-corrected chi connectivity index (χ2v) is 7.03. The van der Waals surface area contributed by atoms with Crippen LogP contribution in [0.25, 0.3) is 0 Å². The van der Waals surface area contributed by atoms with Crippen LogP contribution in [0, 0.1) is 6.92 Å². The van der Waals surface area contributed by atoms with Crippen molar-refractivity contribution in [1.82, 2.24) is 20.0 Å².